The van der Waals surface area contributed by atoms with Crippen molar-refractivity contribution in [3.05, 3.63) is 54.1 Å². The van der Waals surface area contributed by atoms with Crippen molar-refractivity contribution in [2.24, 2.45) is 0 Å². The number of piperazine rings is 1. The molecule has 1 unspecified atom stereocenters. The Labute approximate surface area is 152 Å². The Balaban J connectivity index is 1.42. The number of hydrogen-bond acceptors (Lipinski definition) is 7. The van der Waals surface area contributed by atoms with Crippen molar-refractivity contribution in [2.75, 3.05) is 31.1 Å². The topological polar surface area (TPSA) is 78.3 Å². The van der Waals surface area contributed by atoms with Crippen molar-refractivity contribution in [3.63, 3.8) is 0 Å². The van der Waals surface area contributed by atoms with Gasteiger partial charge in [-0.15, -0.1) is 0 Å². The van der Waals surface area contributed by atoms with Gasteiger partial charge >= 0.3 is 0 Å². The lowest BCUT2D eigenvalue weighted by Gasteiger charge is -2.38. The fourth-order valence-corrected chi connectivity index (χ4v) is 3.35. The second kappa shape index (κ2) is 7.31. The third kappa shape index (κ3) is 3.36. The molecule has 134 valence electrons. The summed E-state index contributed by atoms with van der Waals surface area (Å²) in [4.78, 5) is 22.1. The minimum absolute atomic E-state index is 0.0261. The molecule has 1 atom stereocenters. The van der Waals surface area contributed by atoms with Crippen LogP contribution >= 0.6 is 0 Å². The minimum Gasteiger partial charge on any atom is -0.392 e. The molecular formula is C19H22N6O. The van der Waals surface area contributed by atoms with Crippen molar-refractivity contribution in [1.82, 2.24) is 24.8 Å². The number of benzene rings is 1. The molecule has 1 fully saturated rings. The van der Waals surface area contributed by atoms with Crippen LogP contribution in [0.1, 0.15) is 24.1 Å². The quantitative estimate of drug-likeness (QED) is 0.768. The summed E-state index contributed by atoms with van der Waals surface area (Å²) in [6, 6.07) is 6.64. The average molecular weight is 350 g/mol. The van der Waals surface area contributed by atoms with Gasteiger partial charge in [0.05, 0.1) is 17.6 Å². The van der Waals surface area contributed by atoms with E-state index >= 15 is 0 Å². The molecule has 1 aromatic carbocycles. The number of aliphatic hydroxyl groups is 1. The summed E-state index contributed by atoms with van der Waals surface area (Å²) in [7, 11) is 0. The number of hydrogen-bond donors (Lipinski definition) is 1. The van der Waals surface area contributed by atoms with E-state index in [9.17, 15) is 0 Å². The maximum atomic E-state index is 9.10. The lowest BCUT2D eigenvalue weighted by Crippen LogP contribution is -2.47. The smallest absolute Gasteiger partial charge is 0.225 e. The van der Waals surface area contributed by atoms with Gasteiger partial charge in [0.15, 0.2) is 0 Å². The highest BCUT2D eigenvalue weighted by molar-refractivity contribution is 5.74. The van der Waals surface area contributed by atoms with Crippen molar-refractivity contribution in [3.8, 4) is 0 Å². The molecule has 1 N–H and O–H groups in total. The van der Waals surface area contributed by atoms with Crippen LogP contribution in [-0.2, 0) is 6.61 Å². The van der Waals surface area contributed by atoms with Gasteiger partial charge in [0.1, 0.15) is 0 Å². The van der Waals surface area contributed by atoms with Crippen LogP contribution in [0.25, 0.3) is 11.0 Å². The van der Waals surface area contributed by atoms with Gasteiger partial charge in [0.25, 0.3) is 0 Å². The van der Waals surface area contributed by atoms with Gasteiger partial charge in [-0.25, -0.2) is 9.97 Å². The Morgan fingerprint density at radius 2 is 1.65 bits per heavy atom. The standard InChI is InChI=1S/C19H22N6O/c1-14(16-2-3-17-18(10-16)21-5-4-20-17)24-6-8-25(9-7-24)19-22-11-15(13-26)12-23-19/h2-5,10-12,14,26H,6-9,13H2,1H3. The van der Waals surface area contributed by atoms with Gasteiger partial charge in [-0.3, -0.25) is 14.9 Å². The highest BCUT2D eigenvalue weighted by atomic mass is 16.3. The van der Waals surface area contributed by atoms with Gasteiger partial charge < -0.3 is 10.0 Å². The molecule has 0 saturated carbocycles. The molecule has 7 heteroatoms. The predicted octanol–water partition coefficient (Wildman–Crippen LogP) is 1.80. The third-order valence-corrected chi connectivity index (χ3v) is 4.99. The Bertz CT molecular complexity index is 877. The zero-order valence-electron chi connectivity index (χ0n) is 14.8. The van der Waals surface area contributed by atoms with Crippen molar-refractivity contribution in [2.45, 2.75) is 19.6 Å². The molecule has 1 aliphatic heterocycles. The molecule has 3 aromatic rings. The molecule has 3 heterocycles. The average Bonchev–Trinajstić information content (AvgIpc) is 2.73. The molecule has 2 aromatic heterocycles. The molecule has 0 radical (unpaired) electrons. The number of rotatable bonds is 4. The van der Waals surface area contributed by atoms with Gasteiger partial charge in [0, 0.05) is 62.6 Å². The lowest BCUT2D eigenvalue weighted by molar-refractivity contribution is 0.198. The van der Waals surface area contributed by atoms with Crippen LogP contribution in [0.5, 0.6) is 0 Å². The van der Waals surface area contributed by atoms with E-state index in [2.05, 4.69) is 48.8 Å². The fraction of sp³-hybridized carbons (Fsp3) is 0.368. The molecule has 0 bridgehead atoms. The highest BCUT2D eigenvalue weighted by Crippen LogP contribution is 2.24. The van der Waals surface area contributed by atoms with Crippen molar-refractivity contribution >= 4 is 17.0 Å². The van der Waals surface area contributed by atoms with E-state index in [0.717, 1.165) is 48.7 Å². The first-order valence-electron chi connectivity index (χ1n) is 8.86. The molecule has 0 amide bonds. The van der Waals surface area contributed by atoms with E-state index in [0.29, 0.717) is 6.04 Å². The molecule has 0 spiro atoms. The van der Waals surface area contributed by atoms with Crippen LogP contribution in [0.2, 0.25) is 0 Å². The van der Waals surface area contributed by atoms with E-state index in [4.69, 9.17) is 5.11 Å². The summed E-state index contributed by atoms with van der Waals surface area (Å²) in [5.41, 5.74) is 3.86. The summed E-state index contributed by atoms with van der Waals surface area (Å²) in [6.45, 7) is 5.88. The van der Waals surface area contributed by atoms with E-state index in [-0.39, 0.29) is 6.61 Å². The van der Waals surface area contributed by atoms with E-state index in [1.54, 1.807) is 24.8 Å². The first-order chi connectivity index (χ1) is 12.7. The largest absolute Gasteiger partial charge is 0.392 e. The second-order valence-corrected chi connectivity index (χ2v) is 6.55. The number of aromatic nitrogens is 4. The predicted molar refractivity (Wildman–Crippen MR) is 99.7 cm³/mol. The van der Waals surface area contributed by atoms with Crippen molar-refractivity contribution < 1.29 is 5.11 Å². The van der Waals surface area contributed by atoms with E-state index < -0.39 is 0 Å². The van der Waals surface area contributed by atoms with Crippen LogP contribution in [0, 0.1) is 0 Å². The van der Waals surface area contributed by atoms with Crippen LogP contribution in [0.3, 0.4) is 0 Å². The van der Waals surface area contributed by atoms with E-state index in [1.807, 2.05) is 6.07 Å². The third-order valence-electron chi connectivity index (χ3n) is 4.99. The minimum atomic E-state index is -0.0261. The maximum Gasteiger partial charge on any atom is 0.225 e. The number of anilines is 1. The zero-order valence-corrected chi connectivity index (χ0v) is 14.8. The molecule has 1 aliphatic rings. The SMILES string of the molecule is CC(c1ccc2nccnc2c1)N1CCN(c2ncc(CO)cn2)CC1. The van der Waals surface area contributed by atoms with Gasteiger partial charge in [0.2, 0.25) is 5.95 Å². The fourth-order valence-electron chi connectivity index (χ4n) is 3.35. The lowest BCUT2D eigenvalue weighted by atomic mass is 10.1. The first-order valence-corrected chi connectivity index (χ1v) is 8.86. The Morgan fingerprint density at radius 3 is 2.35 bits per heavy atom. The summed E-state index contributed by atoms with van der Waals surface area (Å²) in [5, 5.41) is 9.10. The Kier molecular flexibility index (Phi) is 4.73. The first kappa shape index (κ1) is 16.8. The zero-order chi connectivity index (χ0) is 17.9. The van der Waals surface area contributed by atoms with Crippen molar-refractivity contribution in [1.29, 1.82) is 0 Å². The van der Waals surface area contributed by atoms with E-state index in [1.165, 1.54) is 5.56 Å². The van der Waals surface area contributed by atoms with Crippen LogP contribution < -0.4 is 4.90 Å². The van der Waals surface area contributed by atoms with Crippen LogP contribution in [0.4, 0.5) is 5.95 Å². The summed E-state index contributed by atoms with van der Waals surface area (Å²) < 4.78 is 0. The normalized spacial score (nSPS) is 16.8. The molecule has 7 nitrogen and oxygen atoms in total. The summed E-state index contributed by atoms with van der Waals surface area (Å²) in [6.07, 6.45) is 6.83. The Hall–Kier alpha value is -2.64. The number of aliphatic hydroxyl groups excluding tert-OH is 1. The van der Waals surface area contributed by atoms with Crippen LogP contribution in [0.15, 0.2) is 43.0 Å². The Morgan fingerprint density at radius 1 is 0.962 bits per heavy atom. The second-order valence-electron chi connectivity index (χ2n) is 6.55. The number of fused-ring (bicyclic) bond motifs is 1. The van der Waals surface area contributed by atoms with Gasteiger partial charge in [-0.1, -0.05) is 6.07 Å². The molecular weight excluding hydrogens is 328 g/mol. The highest BCUT2D eigenvalue weighted by Gasteiger charge is 2.23. The van der Waals surface area contributed by atoms with Crippen LogP contribution in [-0.4, -0.2) is 56.1 Å². The molecule has 4 rings (SSSR count). The molecule has 1 saturated heterocycles. The van der Waals surface area contributed by atoms with Gasteiger partial charge in [-0.05, 0) is 24.6 Å². The number of nitrogens with zero attached hydrogens (tertiary/aromatic N) is 6. The monoisotopic (exact) mass is 350 g/mol. The summed E-state index contributed by atoms with van der Waals surface area (Å²) >= 11 is 0. The molecule has 26 heavy (non-hydrogen) atoms. The van der Waals surface area contributed by atoms with Gasteiger partial charge in [-0.2, -0.15) is 0 Å². The maximum absolute atomic E-state index is 9.10. The summed E-state index contributed by atoms with van der Waals surface area (Å²) in [5.74, 6) is 0.732. The molecule has 0 aliphatic carbocycles.